The van der Waals surface area contributed by atoms with Gasteiger partial charge < -0.3 is 9.47 Å². The van der Waals surface area contributed by atoms with Crippen molar-refractivity contribution in [1.82, 2.24) is 9.97 Å². The molecule has 0 saturated heterocycles. The zero-order chi connectivity index (χ0) is 26.9. The Morgan fingerprint density at radius 3 is 1.57 bits per heavy atom. The van der Waals surface area contributed by atoms with Crippen molar-refractivity contribution in [2.75, 3.05) is 14.2 Å². The van der Waals surface area contributed by atoms with E-state index in [9.17, 15) is 19.2 Å². The average Bonchev–Trinajstić information content (AvgIpc) is 2.94. The molecule has 202 valence electrons. The Morgan fingerprint density at radius 2 is 1.16 bits per heavy atom. The highest BCUT2D eigenvalue weighted by Gasteiger charge is 2.56. The van der Waals surface area contributed by atoms with E-state index >= 15 is 0 Å². The lowest BCUT2D eigenvalue weighted by atomic mass is 9.52. The number of esters is 2. The summed E-state index contributed by atoms with van der Waals surface area (Å²) in [6, 6.07) is 2.11. The number of aryl methyl sites for hydroxylation is 1. The zero-order valence-corrected chi connectivity index (χ0v) is 22.7. The summed E-state index contributed by atoms with van der Waals surface area (Å²) in [7, 11) is 2.93. The molecule has 0 radical (unpaired) electrons. The van der Waals surface area contributed by atoms with Crippen molar-refractivity contribution in [1.29, 1.82) is 0 Å². The molecule has 6 aliphatic rings. The van der Waals surface area contributed by atoms with Gasteiger partial charge in [-0.15, -0.1) is 0 Å². The Bertz CT molecular complexity index is 1030. The number of hydrogen-bond donors (Lipinski definition) is 0. The van der Waals surface area contributed by atoms with Gasteiger partial charge in [-0.05, 0) is 97.0 Å². The highest BCUT2D eigenvalue weighted by Crippen LogP contribution is 2.59. The van der Waals surface area contributed by atoms with Crippen molar-refractivity contribution in [3.8, 4) is 0 Å². The smallest absolute Gasteiger partial charge is 0.311 e. The summed E-state index contributed by atoms with van der Waals surface area (Å²) in [5.41, 5.74) is 1.46. The molecule has 1 heterocycles. The third-order valence-corrected chi connectivity index (χ3v) is 10.1. The maximum Gasteiger partial charge on any atom is 0.311 e. The summed E-state index contributed by atoms with van der Waals surface area (Å²) in [5, 5.41) is 0. The first-order valence-electron chi connectivity index (χ1n) is 13.5. The van der Waals surface area contributed by atoms with Crippen LogP contribution < -0.4 is 0 Å². The lowest BCUT2D eigenvalue weighted by Crippen LogP contribution is -2.49. The zero-order valence-electron chi connectivity index (χ0n) is 22.7. The van der Waals surface area contributed by atoms with Crippen molar-refractivity contribution in [3.05, 3.63) is 23.8 Å². The Hall–Kier alpha value is -2.64. The van der Waals surface area contributed by atoms with Crippen LogP contribution in [0.1, 0.15) is 102 Å². The number of carbonyl (C=O) groups is 4. The fourth-order valence-corrected chi connectivity index (χ4v) is 7.38. The second kappa shape index (κ2) is 10.3. The molecule has 6 fully saturated rings. The van der Waals surface area contributed by atoms with Crippen LogP contribution in [-0.4, -0.2) is 47.7 Å². The van der Waals surface area contributed by atoms with Gasteiger partial charge in [-0.2, -0.15) is 0 Å². The number of carbonyl (C=O) groups excluding carboxylic acids is 4. The number of hydrogen-bond acceptors (Lipinski definition) is 8. The van der Waals surface area contributed by atoms with Crippen LogP contribution in [0.25, 0.3) is 0 Å². The molecule has 0 aliphatic heterocycles. The third-order valence-electron chi connectivity index (χ3n) is 10.1. The van der Waals surface area contributed by atoms with Gasteiger partial charge in [0.05, 0.1) is 37.2 Å². The average molecular weight is 513 g/mol. The van der Waals surface area contributed by atoms with Crippen LogP contribution in [0.2, 0.25) is 0 Å². The van der Waals surface area contributed by atoms with E-state index < -0.39 is 0 Å². The Balaban J connectivity index is 0.000000173. The van der Waals surface area contributed by atoms with E-state index in [2.05, 4.69) is 16.0 Å². The quantitative estimate of drug-likeness (QED) is 0.402. The number of methoxy groups -OCH3 is 2. The van der Waals surface area contributed by atoms with Crippen molar-refractivity contribution in [3.63, 3.8) is 0 Å². The number of aromatic nitrogens is 2. The van der Waals surface area contributed by atoms with Crippen LogP contribution in [-0.2, 0) is 34.1 Å². The van der Waals surface area contributed by atoms with E-state index in [0.717, 1.165) is 88.4 Å². The maximum absolute atomic E-state index is 12.2. The summed E-state index contributed by atoms with van der Waals surface area (Å²) in [5.74, 6) is -0.132. The SMILES string of the molecule is COC(=O)C12CCC(C(=O)CC(C)=O)(CC1)CC2.COC(=O)C12CCC(c3cc(C)ncn3)(CC1)CC2. The monoisotopic (exact) mass is 512 g/mol. The molecular weight excluding hydrogens is 472 g/mol. The van der Waals surface area contributed by atoms with E-state index in [4.69, 9.17) is 9.47 Å². The number of fused-ring (bicyclic) bond motifs is 6. The van der Waals surface area contributed by atoms with Crippen molar-refractivity contribution in [2.45, 2.75) is 103 Å². The summed E-state index contributed by atoms with van der Waals surface area (Å²) in [6.07, 6.45) is 12.0. The second-order valence-corrected chi connectivity index (χ2v) is 12.0. The second-order valence-electron chi connectivity index (χ2n) is 12.0. The largest absolute Gasteiger partial charge is 0.469 e. The number of nitrogens with zero attached hydrogens (tertiary/aromatic N) is 2. The first-order valence-corrected chi connectivity index (χ1v) is 13.5. The van der Waals surface area contributed by atoms with Gasteiger partial charge in [0.2, 0.25) is 0 Å². The molecule has 8 heteroatoms. The molecular formula is C29H40N2O6. The number of Topliss-reactive ketones (excluding diaryl/α,β-unsaturated/α-hetero) is 2. The first kappa shape index (κ1) is 27.4. The summed E-state index contributed by atoms with van der Waals surface area (Å²) >= 11 is 0. The van der Waals surface area contributed by atoms with E-state index in [0.29, 0.717) is 0 Å². The maximum atomic E-state index is 12.2. The normalized spacial score (nSPS) is 33.6. The van der Waals surface area contributed by atoms with E-state index in [1.165, 1.54) is 21.1 Å². The summed E-state index contributed by atoms with van der Waals surface area (Å²) in [4.78, 5) is 55.8. The van der Waals surface area contributed by atoms with Crippen LogP contribution in [0.3, 0.4) is 0 Å². The number of ketones is 2. The van der Waals surface area contributed by atoms with Crippen molar-refractivity contribution >= 4 is 23.5 Å². The van der Waals surface area contributed by atoms with Gasteiger partial charge in [0.1, 0.15) is 17.9 Å². The Morgan fingerprint density at radius 1 is 0.730 bits per heavy atom. The first-order chi connectivity index (χ1) is 17.5. The minimum absolute atomic E-state index is 0.0142. The highest BCUT2D eigenvalue weighted by atomic mass is 16.5. The van der Waals surface area contributed by atoms with Gasteiger partial charge in [0.25, 0.3) is 0 Å². The molecule has 4 bridgehead atoms. The molecule has 6 saturated carbocycles. The lowest BCUT2D eigenvalue weighted by Gasteiger charge is -2.51. The highest BCUT2D eigenvalue weighted by molar-refractivity contribution is 6.01. The molecule has 1 aromatic heterocycles. The Kier molecular flexibility index (Phi) is 7.59. The fraction of sp³-hybridized carbons (Fsp3) is 0.724. The van der Waals surface area contributed by atoms with Crippen LogP contribution in [0, 0.1) is 23.2 Å². The predicted molar refractivity (Wildman–Crippen MR) is 135 cm³/mol. The van der Waals surface area contributed by atoms with E-state index in [-0.39, 0.29) is 51.6 Å². The molecule has 1 aromatic rings. The Labute approximate surface area is 219 Å². The minimum atomic E-state index is -0.354. The molecule has 0 atom stereocenters. The van der Waals surface area contributed by atoms with Gasteiger partial charge in [-0.25, -0.2) is 9.97 Å². The number of rotatable bonds is 6. The summed E-state index contributed by atoms with van der Waals surface area (Å²) < 4.78 is 9.89. The fourth-order valence-electron chi connectivity index (χ4n) is 7.38. The summed E-state index contributed by atoms with van der Waals surface area (Å²) in [6.45, 7) is 3.46. The van der Waals surface area contributed by atoms with Crippen LogP contribution >= 0.6 is 0 Å². The molecule has 7 rings (SSSR count). The van der Waals surface area contributed by atoms with Gasteiger partial charge in [-0.1, -0.05) is 0 Å². The standard InChI is InChI=1S/C15H20N2O2.C14H20O4/c1-11-9-12(17-10-16-11)14-3-6-15(7-4-14,8-5-14)13(18)19-2;1-10(15)9-11(16)13-3-6-14(7-4-13,8-5-13)12(17)18-2/h9-10H,3-8H2,1-2H3;3-9H2,1-2H3. The molecule has 0 N–H and O–H groups in total. The molecule has 0 spiro atoms. The molecule has 6 aliphatic carbocycles. The van der Waals surface area contributed by atoms with Crippen molar-refractivity contribution in [2.24, 2.45) is 16.2 Å². The van der Waals surface area contributed by atoms with E-state index in [1.54, 1.807) is 6.33 Å². The minimum Gasteiger partial charge on any atom is -0.469 e. The van der Waals surface area contributed by atoms with Gasteiger partial charge in [0.15, 0.2) is 0 Å². The molecule has 8 nitrogen and oxygen atoms in total. The molecule has 0 aromatic carbocycles. The van der Waals surface area contributed by atoms with Crippen molar-refractivity contribution < 1.29 is 28.7 Å². The van der Waals surface area contributed by atoms with Crippen LogP contribution in [0.4, 0.5) is 0 Å². The molecule has 37 heavy (non-hydrogen) atoms. The third kappa shape index (κ3) is 4.96. The van der Waals surface area contributed by atoms with Gasteiger partial charge >= 0.3 is 11.9 Å². The molecule has 0 unspecified atom stereocenters. The predicted octanol–water partition coefficient (Wildman–Crippen LogP) is 4.60. The number of ether oxygens (including phenoxy) is 2. The van der Waals surface area contributed by atoms with Crippen LogP contribution in [0.15, 0.2) is 12.4 Å². The lowest BCUT2D eigenvalue weighted by molar-refractivity contribution is -0.166. The van der Waals surface area contributed by atoms with Gasteiger partial charge in [0, 0.05) is 16.5 Å². The molecule has 0 amide bonds. The topological polar surface area (TPSA) is 113 Å². The van der Waals surface area contributed by atoms with Crippen LogP contribution in [0.5, 0.6) is 0 Å². The van der Waals surface area contributed by atoms with E-state index in [1.807, 2.05) is 6.92 Å². The van der Waals surface area contributed by atoms with Gasteiger partial charge in [-0.3, -0.25) is 19.2 Å².